The standard InChI is InChI=1S/C27H32F2N2O6S/c1-4-5-6-7-16-36-20-14-10-19(11-15-20)27(2)17-22(18-8-12-21(13-9-18)37-26(28)29)23(24(32)30-27)25(33)31-38(3,34)35/h8-15,26H,4-7,16-17H2,1-3H3,(H,30,32)(H,31,33)/t27-/m0/s1. The first-order valence-corrected chi connectivity index (χ1v) is 14.2. The Morgan fingerprint density at radius 2 is 1.68 bits per heavy atom. The smallest absolute Gasteiger partial charge is 0.387 e. The molecule has 1 heterocycles. The van der Waals surface area contributed by atoms with Crippen LogP contribution in [-0.2, 0) is 25.2 Å². The minimum atomic E-state index is -3.95. The molecule has 0 fully saturated rings. The van der Waals surface area contributed by atoms with Crippen LogP contribution in [0.2, 0.25) is 0 Å². The van der Waals surface area contributed by atoms with Crippen LogP contribution in [0.3, 0.4) is 0 Å². The average Bonchev–Trinajstić information content (AvgIpc) is 2.83. The number of rotatable bonds is 12. The molecule has 0 unspecified atom stereocenters. The first kappa shape index (κ1) is 29.1. The van der Waals surface area contributed by atoms with Crippen molar-refractivity contribution in [3.8, 4) is 11.5 Å². The number of sulfonamides is 1. The van der Waals surface area contributed by atoms with Gasteiger partial charge in [-0.3, -0.25) is 9.59 Å². The van der Waals surface area contributed by atoms with Crippen LogP contribution in [0.4, 0.5) is 8.78 Å². The first-order valence-electron chi connectivity index (χ1n) is 12.3. The van der Waals surface area contributed by atoms with E-state index < -0.39 is 34.0 Å². The summed E-state index contributed by atoms with van der Waals surface area (Å²) in [5, 5.41) is 2.83. The van der Waals surface area contributed by atoms with Crippen molar-refractivity contribution >= 4 is 27.4 Å². The molecule has 206 valence electrons. The average molecular weight is 551 g/mol. The SMILES string of the molecule is CCCCCCOc1ccc([C@]2(C)CC(c3ccc(OC(F)F)cc3)=C(C(=O)NS(C)(=O)=O)C(=O)N2)cc1. The fourth-order valence-corrected chi connectivity index (χ4v) is 4.73. The predicted molar refractivity (Wildman–Crippen MR) is 139 cm³/mol. The summed E-state index contributed by atoms with van der Waals surface area (Å²) in [6, 6.07) is 12.7. The lowest BCUT2D eigenvalue weighted by molar-refractivity contribution is -0.124. The molecule has 0 saturated heterocycles. The molecule has 1 aliphatic rings. The van der Waals surface area contributed by atoms with Crippen molar-refractivity contribution in [2.75, 3.05) is 12.9 Å². The first-order chi connectivity index (χ1) is 17.9. The van der Waals surface area contributed by atoms with E-state index in [2.05, 4.69) is 17.0 Å². The van der Waals surface area contributed by atoms with Crippen LogP contribution in [0.1, 0.15) is 57.1 Å². The van der Waals surface area contributed by atoms with E-state index in [-0.39, 0.29) is 23.3 Å². The summed E-state index contributed by atoms with van der Waals surface area (Å²) in [7, 11) is -3.95. The van der Waals surface area contributed by atoms with Crippen LogP contribution in [0, 0.1) is 0 Å². The molecular weight excluding hydrogens is 518 g/mol. The van der Waals surface area contributed by atoms with E-state index in [0.29, 0.717) is 17.9 Å². The maximum absolute atomic E-state index is 13.2. The van der Waals surface area contributed by atoms with Crippen molar-refractivity contribution in [3.63, 3.8) is 0 Å². The summed E-state index contributed by atoms with van der Waals surface area (Å²) >= 11 is 0. The number of alkyl halides is 2. The summed E-state index contributed by atoms with van der Waals surface area (Å²) in [6.07, 6.45) is 5.27. The highest BCUT2D eigenvalue weighted by atomic mass is 32.2. The van der Waals surface area contributed by atoms with Gasteiger partial charge in [-0.15, -0.1) is 0 Å². The lowest BCUT2D eigenvalue weighted by atomic mass is 9.78. The Kier molecular flexibility index (Phi) is 9.48. The number of hydrogen-bond donors (Lipinski definition) is 2. The molecular formula is C27H32F2N2O6S. The van der Waals surface area contributed by atoms with Crippen LogP contribution >= 0.6 is 0 Å². The van der Waals surface area contributed by atoms with Gasteiger partial charge < -0.3 is 14.8 Å². The van der Waals surface area contributed by atoms with Crippen molar-refractivity contribution in [2.45, 2.75) is 58.1 Å². The zero-order chi connectivity index (χ0) is 27.9. The number of hydrogen-bond acceptors (Lipinski definition) is 6. The minimum Gasteiger partial charge on any atom is -0.494 e. The molecule has 0 saturated carbocycles. The lowest BCUT2D eigenvalue weighted by Crippen LogP contribution is -2.50. The molecule has 2 N–H and O–H groups in total. The van der Waals surface area contributed by atoms with E-state index in [1.807, 2.05) is 16.9 Å². The van der Waals surface area contributed by atoms with E-state index in [1.54, 1.807) is 19.1 Å². The van der Waals surface area contributed by atoms with Crippen molar-refractivity contribution < 1.29 is 36.3 Å². The van der Waals surface area contributed by atoms with Crippen molar-refractivity contribution in [2.24, 2.45) is 0 Å². The summed E-state index contributed by atoms with van der Waals surface area (Å²) < 4.78 is 60.6. The second kappa shape index (κ2) is 12.4. The number of nitrogens with one attached hydrogen (secondary N) is 2. The van der Waals surface area contributed by atoms with Crippen LogP contribution in [-0.4, -0.2) is 39.7 Å². The van der Waals surface area contributed by atoms with Crippen molar-refractivity contribution in [1.29, 1.82) is 0 Å². The molecule has 2 aromatic carbocycles. The molecule has 0 aromatic heterocycles. The van der Waals surface area contributed by atoms with Crippen LogP contribution in [0.15, 0.2) is 54.1 Å². The zero-order valence-electron chi connectivity index (χ0n) is 21.6. The molecule has 0 spiro atoms. The van der Waals surface area contributed by atoms with Crippen LogP contribution in [0.25, 0.3) is 5.57 Å². The van der Waals surface area contributed by atoms with Gasteiger partial charge in [-0.2, -0.15) is 8.78 Å². The van der Waals surface area contributed by atoms with Gasteiger partial charge in [-0.05, 0) is 54.3 Å². The van der Waals surface area contributed by atoms with Gasteiger partial charge in [0.2, 0.25) is 10.0 Å². The van der Waals surface area contributed by atoms with Crippen LogP contribution < -0.4 is 19.5 Å². The van der Waals surface area contributed by atoms with Gasteiger partial charge in [-0.1, -0.05) is 50.5 Å². The van der Waals surface area contributed by atoms with Crippen molar-refractivity contribution in [3.05, 3.63) is 65.2 Å². The molecule has 0 bridgehead atoms. The Bertz CT molecular complexity index is 1280. The van der Waals surface area contributed by atoms with E-state index in [9.17, 15) is 26.8 Å². The molecule has 1 aliphatic heterocycles. The molecule has 3 rings (SSSR count). The van der Waals surface area contributed by atoms with Gasteiger partial charge >= 0.3 is 6.61 Å². The Hall–Kier alpha value is -3.47. The van der Waals surface area contributed by atoms with Gasteiger partial charge in [0.25, 0.3) is 11.8 Å². The number of carbonyl (C=O) groups is 2. The molecule has 38 heavy (non-hydrogen) atoms. The number of halogens is 2. The number of amides is 2. The van der Waals surface area contributed by atoms with Gasteiger partial charge in [0, 0.05) is 6.42 Å². The molecule has 0 aliphatic carbocycles. The Balaban J connectivity index is 1.92. The van der Waals surface area contributed by atoms with E-state index in [0.717, 1.165) is 37.5 Å². The van der Waals surface area contributed by atoms with Gasteiger partial charge in [-0.25, -0.2) is 13.1 Å². The van der Waals surface area contributed by atoms with E-state index in [1.165, 1.54) is 24.3 Å². The third-order valence-corrected chi connectivity index (χ3v) is 6.70. The number of carbonyl (C=O) groups excluding carboxylic acids is 2. The number of unbranched alkanes of at least 4 members (excludes halogenated alkanes) is 3. The highest BCUT2D eigenvalue weighted by molar-refractivity contribution is 7.89. The maximum atomic E-state index is 13.2. The van der Waals surface area contributed by atoms with E-state index in [4.69, 9.17) is 4.74 Å². The Morgan fingerprint density at radius 1 is 1.05 bits per heavy atom. The summed E-state index contributed by atoms with van der Waals surface area (Å²) in [5.41, 5.74) is 0.0546. The molecule has 1 atom stereocenters. The zero-order valence-corrected chi connectivity index (χ0v) is 22.4. The monoisotopic (exact) mass is 550 g/mol. The minimum absolute atomic E-state index is 0.0974. The second-order valence-corrected chi connectivity index (χ2v) is 11.1. The normalized spacial score (nSPS) is 17.8. The quantitative estimate of drug-likeness (QED) is 0.297. The number of benzene rings is 2. The van der Waals surface area contributed by atoms with Gasteiger partial charge in [0.15, 0.2) is 0 Å². The molecule has 2 amide bonds. The molecule has 11 heteroatoms. The second-order valence-electron chi connectivity index (χ2n) is 9.36. The molecule has 0 radical (unpaired) electrons. The maximum Gasteiger partial charge on any atom is 0.387 e. The lowest BCUT2D eigenvalue weighted by Gasteiger charge is -2.37. The largest absolute Gasteiger partial charge is 0.494 e. The Morgan fingerprint density at radius 3 is 2.26 bits per heavy atom. The Labute approximate surface area is 221 Å². The topological polar surface area (TPSA) is 111 Å². The molecule has 2 aromatic rings. The van der Waals surface area contributed by atoms with Gasteiger partial charge in [0.1, 0.15) is 17.1 Å². The van der Waals surface area contributed by atoms with Crippen LogP contribution in [0.5, 0.6) is 11.5 Å². The summed E-state index contributed by atoms with van der Waals surface area (Å²) in [6.45, 7) is 1.51. The van der Waals surface area contributed by atoms with E-state index >= 15 is 0 Å². The fourth-order valence-electron chi connectivity index (χ4n) is 4.29. The summed E-state index contributed by atoms with van der Waals surface area (Å²) in [4.78, 5) is 26.1. The highest BCUT2D eigenvalue weighted by Gasteiger charge is 2.40. The molecule has 8 nitrogen and oxygen atoms in total. The highest BCUT2D eigenvalue weighted by Crippen LogP contribution is 2.39. The van der Waals surface area contributed by atoms with Crippen molar-refractivity contribution in [1.82, 2.24) is 10.0 Å². The fraction of sp³-hybridized carbons (Fsp3) is 0.407. The van der Waals surface area contributed by atoms with Gasteiger partial charge in [0.05, 0.1) is 18.4 Å². The number of ether oxygens (including phenoxy) is 2. The third-order valence-electron chi connectivity index (χ3n) is 6.14. The predicted octanol–water partition coefficient (Wildman–Crippen LogP) is 4.51. The third kappa shape index (κ3) is 7.77. The summed E-state index contributed by atoms with van der Waals surface area (Å²) in [5.74, 6) is -1.25.